The molecule has 0 radical (unpaired) electrons. The first kappa shape index (κ1) is 22.6. The predicted molar refractivity (Wildman–Crippen MR) is 133 cm³/mol. The van der Waals surface area contributed by atoms with Crippen LogP contribution in [0.15, 0.2) is 71.1 Å². The lowest BCUT2D eigenvalue weighted by atomic mass is 9.99. The van der Waals surface area contributed by atoms with E-state index in [4.69, 9.17) is 9.15 Å². The van der Waals surface area contributed by atoms with Crippen LogP contribution < -0.4 is 10.1 Å². The molecule has 1 heterocycles. The standard InChI is InChI=1S/C28H30N2O3/c1-5-19(4)21-10-13-24(14-11-21)32-17-27(31)29-23-12-15-26-25(16-23)30-28(33-26)22-8-6-20(7-9-22)18(2)3/h6-16,18-19H,5,17H2,1-4H3,(H,29,31). The van der Waals surface area contributed by atoms with Crippen molar-refractivity contribution in [3.05, 3.63) is 77.9 Å². The van der Waals surface area contributed by atoms with Crippen LogP contribution in [0.3, 0.4) is 0 Å². The Morgan fingerprint density at radius 3 is 2.33 bits per heavy atom. The average molecular weight is 443 g/mol. The number of oxazole rings is 1. The molecule has 1 unspecified atom stereocenters. The summed E-state index contributed by atoms with van der Waals surface area (Å²) in [6.45, 7) is 8.63. The maximum absolute atomic E-state index is 12.4. The smallest absolute Gasteiger partial charge is 0.262 e. The normalized spacial score (nSPS) is 12.2. The second kappa shape index (κ2) is 9.90. The Hall–Kier alpha value is -3.60. The summed E-state index contributed by atoms with van der Waals surface area (Å²) in [7, 11) is 0. The fourth-order valence-corrected chi connectivity index (χ4v) is 3.61. The molecule has 5 heteroatoms. The van der Waals surface area contributed by atoms with E-state index >= 15 is 0 Å². The molecule has 0 fully saturated rings. The molecule has 5 nitrogen and oxygen atoms in total. The largest absolute Gasteiger partial charge is 0.484 e. The topological polar surface area (TPSA) is 64.4 Å². The van der Waals surface area contributed by atoms with Gasteiger partial charge in [0.25, 0.3) is 5.91 Å². The van der Waals surface area contributed by atoms with Crippen LogP contribution in [0.5, 0.6) is 5.75 Å². The number of ether oxygens (including phenoxy) is 1. The van der Waals surface area contributed by atoms with Crippen LogP contribution in [-0.2, 0) is 4.79 Å². The van der Waals surface area contributed by atoms with Gasteiger partial charge in [-0.15, -0.1) is 0 Å². The lowest BCUT2D eigenvalue weighted by Gasteiger charge is -2.11. The molecular weight excluding hydrogens is 412 g/mol. The first-order chi connectivity index (χ1) is 15.9. The molecule has 4 aromatic rings. The molecule has 4 rings (SSSR count). The van der Waals surface area contributed by atoms with Crippen molar-refractivity contribution >= 4 is 22.7 Å². The second-order valence-electron chi connectivity index (χ2n) is 8.69. The Kier molecular flexibility index (Phi) is 6.78. The van der Waals surface area contributed by atoms with Crippen molar-refractivity contribution in [2.75, 3.05) is 11.9 Å². The summed E-state index contributed by atoms with van der Waals surface area (Å²) in [5.41, 5.74) is 5.48. The van der Waals surface area contributed by atoms with Crippen LogP contribution >= 0.6 is 0 Å². The minimum atomic E-state index is -0.228. The number of rotatable bonds is 8. The van der Waals surface area contributed by atoms with Gasteiger partial charge >= 0.3 is 0 Å². The molecule has 170 valence electrons. The Morgan fingerprint density at radius 2 is 1.67 bits per heavy atom. The first-order valence-electron chi connectivity index (χ1n) is 11.5. The minimum Gasteiger partial charge on any atom is -0.484 e. The van der Waals surface area contributed by atoms with Crippen molar-refractivity contribution < 1.29 is 13.9 Å². The zero-order valence-electron chi connectivity index (χ0n) is 19.6. The number of fused-ring (bicyclic) bond motifs is 1. The second-order valence-corrected chi connectivity index (χ2v) is 8.69. The summed E-state index contributed by atoms with van der Waals surface area (Å²) in [6.07, 6.45) is 1.09. The highest BCUT2D eigenvalue weighted by Gasteiger charge is 2.11. The molecule has 1 atom stereocenters. The summed E-state index contributed by atoms with van der Waals surface area (Å²) in [5, 5.41) is 2.87. The number of nitrogens with one attached hydrogen (secondary N) is 1. The van der Waals surface area contributed by atoms with Gasteiger partial charge in [0.2, 0.25) is 5.89 Å². The van der Waals surface area contributed by atoms with Gasteiger partial charge in [-0.05, 0) is 71.8 Å². The SMILES string of the molecule is CCC(C)c1ccc(OCC(=O)Nc2ccc3oc(-c4ccc(C(C)C)cc4)nc3c2)cc1. The highest BCUT2D eigenvalue weighted by Crippen LogP contribution is 2.27. The van der Waals surface area contributed by atoms with E-state index < -0.39 is 0 Å². The van der Waals surface area contributed by atoms with Gasteiger partial charge < -0.3 is 14.5 Å². The number of carbonyl (C=O) groups is 1. The number of amides is 1. The number of anilines is 1. The lowest BCUT2D eigenvalue weighted by molar-refractivity contribution is -0.118. The Balaban J connectivity index is 1.38. The van der Waals surface area contributed by atoms with Crippen LogP contribution in [0.25, 0.3) is 22.6 Å². The molecule has 0 bridgehead atoms. The van der Waals surface area contributed by atoms with Crippen molar-refractivity contribution in [2.24, 2.45) is 0 Å². The number of nitrogens with zero attached hydrogens (tertiary/aromatic N) is 1. The van der Waals surface area contributed by atoms with Crippen molar-refractivity contribution in [1.29, 1.82) is 0 Å². The molecule has 1 N–H and O–H groups in total. The number of hydrogen-bond acceptors (Lipinski definition) is 4. The maximum Gasteiger partial charge on any atom is 0.262 e. The quantitative estimate of drug-likeness (QED) is 0.315. The van der Waals surface area contributed by atoms with Crippen LogP contribution in [0.1, 0.15) is 57.1 Å². The Labute approximate surface area is 194 Å². The summed E-state index contributed by atoms with van der Waals surface area (Å²) in [6, 6.07) is 21.6. The fourth-order valence-electron chi connectivity index (χ4n) is 3.61. The number of benzene rings is 3. The van der Waals surface area contributed by atoms with Crippen molar-refractivity contribution in [2.45, 2.75) is 46.0 Å². The van der Waals surface area contributed by atoms with E-state index in [0.29, 0.717) is 40.3 Å². The molecule has 0 aliphatic heterocycles. The van der Waals surface area contributed by atoms with Gasteiger partial charge in [-0.3, -0.25) is 4.79 Å². The van der Waals surface area contributed by atoms with Crippen molar-refractivity contribution in [3.8, 4) is 17.2 Å². The van der Waals surface area contributed by atoms with Crippen LogP contribution in [0.4, 0.5) is 5.69 Å². The first-order valence-corrected chi connectivity index (χ1v) is 11.5. The van der Waals surface area contributed by atoms with Gasteiger partial charge in [0.1, 0.15) is 11.3 Å². The highest BCUT2D eigenvalue weighted by atomic mass is 16.5. The van der Waals surface area contributed by atoms with E-state index in [2.05, 4.69) is 50.1 Å². The Morgan fingerprint density at radius 1 is 0.970 bits per heavy atom. The summed E-state index contributed by atoms with van der Waals surface area (Å²) >= 11 is 0. The van der Waals surface area contributed by atoms with E-state index in [0.717, 1.165) is 12.0 Å². The molecule has 1 amide bonds. The molecule has 0 spiro atoms. The molecule has 1 aromatic heterocycles. The minimum absolute atomic E-state index is 0.0625. The van der Waals surface area contributed by atoms with Crippen LogP contribution in [-0.4, -0.2) is 17.5 Å². The zero-order valence-corrected chi connectivity index (χ0v) is 19.6. The monoisotopic (exact) mass is 442 g/mol. The van der Waals surface area contributed by atoms with Crippen LogP contribution in [0, 0.1) is 0 Å². The third kappa shape index (κ3) is 5.43. The Bertz CT molecular complexity index is 1220. The number of hydrogen-bond donors (Lipinski definition) is 1. The fraction of sp³-hybridized carbons (Fsp3) is 0.286. The van der Waals surface area contributed by atoms with Gasteiger partial charge in [0.15, 0.2) is 12.2 Å². The van der Waals surface area contributed by atoms with E-state index in [-0.39, 0.29) is 12.5 Å². The summed E-state index contributed by atoms with van der Waals surface area (Å²) in [4.78, 5) is 17.0. The lowest BCUT2D eigenvalue weighted by Crippen LogP contribution is -2.20. The van der Waals surface area contributed by atoms with Crippen molar-refractivity contribution in [1.82, 2.24) is 4.98 Å². The number of aromatic nitrogens is 1. The van der Waals surface area contributed by atoms with Gasteiger partial charge in [0.05, 0.1) is 0 Å². The molecular formula is C28H30N2O3. The van der Waals surface area contributed by atoms with E-state index in [1.165, 1.54) is 11.1 Å². The molecule has 33 heavy (non-hydrogen) atoms. The molecule has 0 saturated heterocycles. The third-order valence-electron chi connectivity index (χ3n) is 5.93. The summed E-state index contributed by atoms with van der Waals surface area (Å²) < 4.78 is 11.5. The average Bonchev–Trinajstić information content (AvgIpc) is 3.26. The molecule has 0 saturated carbocycles. The number of carbonyl (C=O) groups excluding carboxylic acids is 1. The van der Waals surface area contributed by atoms with Gasteiger partial charge in [0, 0.05) is 11.3 Å². The maximum atomic E-state index is 12.4. The van der Waals surface area contributed by atoms with E-state index in [1.807, 2.05) is 48.5 Å². The van der Waals surface area contributed by atoms with E-state index in [1.54, 1.807) is 6.07 Å². The zero-order chi connectivity index (χ0) is 23.4. The van der Waals surface area contributed by atoms with Gasteiger partial charge in [-0.2, -0.15) is 0 Å². The van der Waals surface area contributed by atoms with Gasteiger partial charge in [-0.25, -0.2) is 4.98 Å². The third-order valence-corrected chi connectivity index (χ3v) is 5.93. The van der Waals surface area contributed by atoms with E-state index in [9.17, 15) is 4.79 Å². The predicted octanol–water partition coefficient (Wildman–Crippen LogP) is 7.15. The summed E-state index contributed by atoms with van der Waals surface area (Å²) in [5.74, 6) is 1.99. The molecule has 3 aromatic carbocycles. The molecule has 0 aliphatic carbocycles. The van der Waals surface area contributed by atoms with Crippen molar-refractivity contribution in [3.63, 3.8) is 0 Å². The van der Waals surface area contributed by atoms with Crippen LogP contribution in [0.2, 0.25) is 0 Å². The van der Waals surface area contributed by atoms with Gasteiger partial charge in [-0.1, -0.05) is 52.0 Å². The highest BCUT2D eigenvalue weighted by molar-refractivity contribution is 5.94. The molecule has 0 aliphatic rings.